The fraction of sp³-hybridized carbons (Fsp3) is 0.250. The summed E-state index contributed by atoms with van der Waals surface area (Å²) in [5, 5.41) is 7.18. The molecule has 3 heterocycles. The zero-order valence-electron chi connectivity index (χ0n) is 15.4. The van der Waals surface area contributed by atoms with Crippen molar-refractivity contribution >= 4 is 5.91 Å². The summed E-state index contributed by atoms with van der Waals surface area (Å²) in [5.74, 6) is -0.552. The van der Waals surface area contributed by atoms with Crippen LogP contribution in [0.4, 0.5) is 4.39 Å². The topological polar surface area (TPSA) is 80.3 Å². The molecule has 0 fully saturated rings. The number of carbonyl (C=O) groups is 1. The fourth-order valence-corrected chi connectivity index (χ4v) is 3.46. The van der Waals surface area contributed by atoms with Gasteiger partial charge in [0, 0.05) is 31.5 Å². The highest BCUT2D eigenvalue weighted by atomic mass is 19.1. The molecule has 0 aliphatic carbocycles. The Morgan fingerprint density at radius 1 is 1.18 bits per heavy atom. The van der Waals surface area contributed by atoms with Crippen LogP contribution >= 0.6 is 0 Å². The lowest BCUT2D eigenvalue weighted by Gasteiger charge is -2.28. The molecular weight excluding hydrogens is 363 g/mol. The Balaban J connectivity index is 1.83. The van der Waals surface area contributed by atoms with Gasteiger partial charge in [-0.05, 0) is 36.4 Å². The van der Waals surface area contributed by atoms with Crippen molar-refractivity contribution in [2.45, 2.75) is 12.3 Å². The van der Waals surface area contributed by atoms with E-state index in [0.717, 1.165) is 0 Å². The van der Waals surface area contributed by atoms with Crippen LogP contribution in [0.1, 0.15) is 27.8 Å². The van der Waals surface area contributed by atoms with Crippen molar-refractivity contribution in [2.75, 3.05) is 20.8 Å². The number of rotatable bonds is 6. The maximum absolute atomic E-state index is 13.4. The van der Waals surface area contributed by atoms with Crippen LogP contribution in [0.3, 0.4) is 0 Å². The molecule has 1 atom stereocenters. The zero-order valence-corrected chi connectivity index (χ0v) is 15.4. The molecule has 1 amide bonds. The van der Waals surface area contributed by atoms with Gasteiger partial charge in [0.1, 0.15) is 17.6 Å². The first-order valence-electron chi connectivity index (χ1n) is 8.75. The number of benzene rings is 1. The first-order valence-corrected chi connectivity index (χ1v) is 8.75. The SMILES string of the molecule is COC(CN1C(=O)c2[nH]nc(-c3ccc(F)cc3)c2C1c1ccccn1)OC. The van der Waals surface area contributed by atoms with Gasteiger partial charge in [-0.25, -0.2) is 4.39 Å². The van der Waals surface area contributed by atoms with Gasteiger partial charge in [0.15, 0.2) is 6.29 Å². The van der Waals surface area contributed by atoms with E-state index in [4.69, 9.17) is 9.47 Å². The van der Waals surface area contributed by atoms with Crippen LogP contribution in [0.5, 0.6) is 0 Å². The summed E-state index contributed by atoms with van der Waals surface area (Å²) >= 11 is 0. The van der Waals surface area contributed by atoms with Gasteiger partial charge in [-0.1, -0.05) is 6.07 Å². The number of amides is 1. The summed E-state index contributed by atoms with van der Waals surface area (Å²) < 4.78 is 23.9. The fourth-order valence-electron chi connectivity index (χ4n) is 3.46. The summed E-state index contributed by atoms with van der Waals surface area (Å²) in [6.07, 6.45) is 1.10. The molecule has 3 aromatic rings. The standard InChI is InChI=1S/C20H19FN4O3/c1-27-15(28-2)11-25-19(14-5-3-4-10-22-14)16-17(23-24-18(16)20(25)26)12-6-8-13(21)9-7-12/h3-10,15,19H,11H2,1-2H3,(H,23,24). The highest BCUT2D eigenvalue weighted by Crippen LogP contribution is 2.42. The second-order valence-electron chi connectivity index (χ2n) is 6.38. The van der Waals surface area contributed by atoms with Crippen molar-refractivity contribution in [3.63, 3.8) is 0 Å². The number of fused-ring (bicyclic) bond motifs is 1. The molecule has 0 saturated carbocycles. The maximum atomic E-state index is 13.4. The van der Waals surface area contributed by atoms with Crippen molar-refractivity contribution in [3.05, 3.63) is 71.4 Å². The molecule has 2 aromatic heterocycles. The van der Waals surface area contributed by atoms with Crippen LogP contribution in [-0.4, -0.2) is 53.0 Å². The minimum Gasteiger partial charge on any atom is -0.354 e. The Labute approximate surface area is 161 Å². The molecule has 1 aliphatic heterocycles. The number of aromatic amines is 1. The Hall–Kier alpha value is -3.10. The van der Waals surface area contributed by atoms with Crippen molar-refractivity contribution in [2.24, 2.45) is 0 Å². The van der Waals surface area contributed by atoms with E-state index >= 15 is 0 Å². The van der Waals surface area contributed by atoms with Crippen molar-refractivity contribution < 1.29 is 18.7 Å². The molecule has 1 aliphatic rings. The van der Waals surface area contributed by atoms with E-state index in [1.165, 1.54) is 26.4 Å². The molecule has 0 radical (unpaired) electrons. The monoisotopic (exact) mass is 382 g/mol. The van der Waals surface area contributed by atoms with Crippen molar-refractivity contribution in [3.8, 4) is 11.3 Å². The molecular formula is C20H19FN4O3. The van der Waals surface area contributed by atoms with Crippen LogP contribution in [0.25, 0.3) is 11.3 Å². The summed E-state index contributed by atoms with van der Waals surface area (Å²) in [6, 6.07) is 11.1. The predicted molar refractivity (Wildman–Crippen MR) is 98.9 cm³/mol. The average molecular weight is 382 g/mol. The maximum Gasteiger partial charge on any atom is 0.273 e. The summed E-state index contributed by atoms with van der Waals surface area (Å²) in [5.41, 5.74) is 3.10. The van der Waals surface area contributed by atoms with Crippen LogP contribution in [0.2, 0.25) is 0 Å². The summed E-state index contributed by atoms with van der Waals surface area (Å²) in [7, 11) is 3.05. The van der Waals surface area contributed by atoms with E-state index in [0.29, 0.717) is 28.2 Å². The number of nitrogens with one attached hydrogen (secondary N) is 1. The number of hydrogen-bond donors (Lipinski definition) is 1. The number of hydrogen-bond acceptors (Lipinski definition) is 5. The van der Waals surface area contributed by atoms with E-state index in [1.54, 1.807) is 23.2 Å². The lowest BCUT2D eigenvalue weighted by molar-refractivity contribution is -0.113. The number of nitrogens with zero attached hydrogens (tertiary/aromatic N) is 3. The van der Waals surface area contributed by atoms with Gasteiger partial charge in [0.25, 0.3) is 5.91 Å². The molecule has 1 unspecified atom stereocenters. The summed E-state index contributed by atoms with van der Waals surface area (Å²) in [4.78, 5) is 19.2. The molecule has 8 heteroatoms. The van der Waals surface area contributed by atoms with Gasteiger partial charge in [0.2, 0.25) is 0 Å². The van der Waals surface area contributed by atoms with E-state index < -0.39 is 12.3 Å². The van der Waals surface area contributed by atoms with Gasteiger partial charge in [0.05, 0.1) is 17.9 Å². The Morgan fingerprint density at radius 3 is 2.57 bits per heavy atom. The number of H-pyrrole nitrogens is 1. The van der Waals surface area contributed by atoms with Gasteiger partial charge >= 0.3 is 0 Å². The van der Waals surface area contributed by atoms with Gasteiger partial charge < -0.3 is 14.4 Å². The highest BCUT2D eigenvalue weighted by Gasteiger charge is 2.43. The average Bonchev–Trinajstić information content (AvgIpc) is 3.26. The highest BCUT2D eigenvalue weighted by molar-refractivity contribution is 6.00. The van der Waals surface area contributed by atoms with Gasteiger partial charge in [-0.2, -0.15) is 5.10 Å². The third kappa shape index (κ3) is 3.06. The largest absolute Gasteiger partial charge is 0.354 e. The molecule has 144 valence electrons. The first-order chi connectivity index (χ1) is 13.6. The van der Waals surface area contributed by atoms with E-state index in [1.807, 2.05) is 18.2 Å². The van der Waals surface area contributed by atoms with Crippen LogP contribution in [-0.2, 0) is 9.47 Å². The normalized spacial score (nSPS) is 16.1. The number of methoxy groups -OCH3 is 2. The second kappa shape index (κ2) is 7.49. The van der Waals surface area contributed by atoms with Crippen LogP contribution in [0, 0.1) is 5.82 Å². The second-order valence-corrected chi connectivity index (χ2v) is 6.38. The van der Waals surface area contributed by atoms with Gasteiger partial charge in [-0.3, -0.25) is 14.9 Å². The number of aromatic nitrogens is 3. The van der Waals surface area contributed by atoms with Crippen LogP contribution < -0.4 is 0 Å². The molecule has 0 saturated heterocycles. The molecule has 4 rings (SSSR count). The Bertz CT molecular complexity index is 971. The number of halogens is 1. The molecule has 1 N–H and O–H groups in total. The molecule has 7 nitrogen and oxygen atoms in total. The molecule has 1 aromatic carbocycles. The molecule has 0 bridgehead atoms. The summed E-state index contributed by atoms with van der Waals surface area (Å²) in [6.45, 7) is 0.221. The quantitative estimate of drug-likeness (QED) is 0.663. The third-order valence-electron chi connectivity index (χ3n) is 4.82. The third-order valence-corrected chi connectivity index (χ3v) is 4.82. The lowest BCUT2D eigenvalue weighted by Crippen LogP contribution is -2.38. The smallest absolute Gasteiger partial charge is 0.273 e. The Morgan fingerprint density at radius 2 is 1.93 bits per heavy atom. The minimum absolute atomic E-state index is 0.217. The van der Waals surface area contributed by atoms with Gasteiger partial charge in [-0.15, -0.1) is 0 Å². The van der Waals surface area contributed by atoms with E-state index in [-0.39, 0.29) is 18.3 Å². The van der Waals surface area contributed by atoms with Crippen LogP contribution in [0.15, 0.2) is 48.7 Å². The number of ether oxygens (including phenoxy) is 2. The van der Waals surface area contributed by atoms with Crippen molar-refractivity contribution in [1.82, 2.24) is 20.1 Å². The predicted octanol–water partition coefficient (Wildman–Crippen LogP) is 2.77. The number of pyridine rings is 1. The van der Waals surface area contributed by atoms with Crippen molar-refractivity contribution in [1.29, 1.82) is 0 Å². The first kappa shape index (κ1) is 18.3. The Kier molecular flexibility index (Phi) is 4.89. The number of carbonyl (C=O) groups excluding carboxylic acids is 1. The molecule has 28 heavy (non-hydrogen) atoms. The van der Waals surface area contributed by atoms with E-state index in [2.05, 4.69) is 15.2 Å². The lowest BCUT2D eigenvalue weighted by atomic mass is 9.99. The van der Waals surface area contributed by atoms with E-state index in [9.17, 15) is 9.18 Å². The minimum atomic E-state index is -0.582. The molecule has 0 spiro atoms. The zero-order chi connectivity index (χ0) is 19.7.